The summed E-state index contributed by atoms with van der Waals surface area (Å²) in [7, 11) is 0. The molecule has 0 aliphatic heterocycles. The SMILES string of the molecule is O=C(Nc1sc(-c2cccs2)nc1-c1ccc(F)cc1)c1ccc(F)cc1. The highest BCUT2D eigenvalue weighted by Crippen LogP contribution is 2.39. The Kier molecular flexibility index (Phi) is 4.79. The van der Waals surface area contributed by atoms with E-state index in [1.54, 1.807) is 23.5 Å². The number of anilines is 1. The minimum atomic E-state index is -0.406. The first kappa shape index (κ1) is 17.5. The fourth-order valence-electron chi connectivity index (χ4n) is 2.49. The van der Waals surface area contributed by atoms with E-state index in [4.69, 9.17) is 0 Å². The van der Waals surface area contributed by atoms with Crippen molar-refractivity contribution in [3.63, 3.8) is 0 Å². The molecular weight excluding hydrogens is 386 g/mol. The molecule has 4 aromatic rings. The van der Waals surface area contributed by atoms with Gasteiger partial charge in [-0.2, -0.15) is 0 Å². The number of hydrogen-bond donors (Lipinski definition) is 1. The molecule has 4 rings (SSSR count). The molecule has 3 nitrogen and oxygen atoms in total. The maximum absolute atomic E-state index is 13.3. The molecule has 27 heavy (non-hydrogen) atoms. The Hall–Kier alpha value is -2.90. The summed E-state index contributed by atoms with van der Waals surface area (Å²) < 4.78 is 26.4. The molecule has 0 unspecified atom stereocenters. The molecule has 0 spiro atoms. The molecule has 1 N–H and O–H groups in total. The highest BCUT2D eigenvalue weighted by Gasteiger charge is 2.18. The minimum Gasteiger partial charge on any atom is -0.312 e. The summed E-state index contributed by atoms with van der Waals surface area (Å²) in [5.41, 5.74) is 1.61. The van der Waals surface area contributed by atoms with Gasteiger partial charge in [0.1, 0.15) is 27.3 Å². The second-order valence-corrected chi connectivity index (χ2v) is 7.59. The molecule has 134 valence electrons. The molecule has 0 fully saturated rings. The lowest BCUT2D eigenvalue weighted by atomic mass is 10.1. The molecular formula is C20H12F2N2OS2. The molecule has 0 saturated heterocycles. The quantitative estimate of drug-likeness (QED) is 0.453. The largest absolute Gasteiger partial charge is 0.312 e. The number of thiophene rings is 1. The van der Waals surface area contributed by atoms with Crippen molar-refractivity contribution >= 4 is 33.6 Å². The monoisotopic (exact) mass is 398 g/mol. The Morgan fingerprint density at radius 3 is 2.22 bits per heavy atom. The summed E-state index contributed by atoms with van der Waals surface area (Å²) in [6.45, 7) is 0. The van der Waals surface area contributed by atoms with Gasteiger partial charge in [-0.05, 0) is 60.0 Å². The van der Waals surface area contributed by atoms with E-state index in [1.165, 1.54) is 47.7 Å². The van der Waals surface area contributed by atoms with Crippen LogP contribution in [0.15, 0.2) is 66.0 Å². The summed E-state index contributed by atoms with van der Waals surface area (Å²) in [5, 5.41) is 6.11. The fourth-order valence-corrected chi connectivity index (χ4v) is 4.27. The van der Waals surface area contributed by atoms with Gasteiger partial charge < -0.3 is 5.32 Å². The zero-order valence-corrected chi connectivity index (χ0v) is 15.4. The van der Waals surface area contributed by atoms with Crippen LogP contribution in [-0.4, -0.2) is 10.9 Å². The first-order valence-electron chi connectivity index (χ1n) is 7.98. The van der Waals surface area contributed by atoms with E-state index >= 15 is 0 Å². The van der Waals surface area contributed by atoms with E-state index in [9.17, 15) is 13.6 Å². The fraction of sp³-hybridized carbons (Fsp3) is 0. The number of benzene rings is 2. The van der Waals surface area contributed by atoms with Gasteiger partial charge in [0.15, 0.2) is 0 Å². The lowest BCUT2D eigenvalue weighted by Gasteiger charge is -2.05. The summed E-state index contributed by atoms with van der Waals surface area (Å²) in [6.07, 6.45) is 0. The lowest BCUT2D eigenvalue weighted by molar-refractivity contribution is 0.102. The molecule has 0 bridgehead atoms. The van der Waals surface area contributed by atoms with Crippen molar-refractivity contribution in [2.75, 3.05) is 5.32 Å². The summed E-state index contributed by atoms with van der Waals surface area (Å²) >= 11 is 2.89. The molecule has 0 radical (unpaired) electrons. The zero-order valence-electron chi connectivity index (χ0n) is 13.8. The number of carbonyl (C=O) groups excluding carboxylic acids is 1. The van der Waals surface area contributed by atoms with Crippen LogP contribution in [0.5, 0.6) is 0 Å². The van der Waals surface area contributed by atoms with Crippen molar-refractivity contribution in [3.05, 3.63) is 83.2 Å². The highest BCUT2D eigenvalue weighted by atomic mass is 32.1. The maximum Gasteiger partial charge on any atom is 0.256 e. The molecule has 2 aromatic heterocycles. The van der Waals surface area contributed by atoms with Crippen molar-refractivity contribution in [2.24, 2.45) is 0 Å². The average molecular weight is 398 g/mol. The number of hydrogen-bond acceptors (Lipinski definition) is 4. The number of carbonyl (C=O) groups is 1. The van der Waals surface area contributed by atoms with Gasteiger partial charge in [0.2, 0.25) is 0 Å². The predicted octanol–water partition coefficient (Wildman–Crippen LogP) is 6.07. The third-order valence-electron chi connectivity index (χ3n) is 3.81. The molecule has 0 saturated carbocycles. The van der Waals surface area contributed by atoms with Gasteiger partial charge in [0.05, 0.1) is 4.88 Å². The van der Waals surface area contributed by atoms with Crippen molar-refractivity contribution in [3.8, 4) is 21.1 Å². The van der Waals surface area contributed by atoms with Crippen LogP contribution >= 0.6 is 22.7 Å². The first-order valence-corrected chi connectivity index (χ1v) is 9.67. The molecule has 1 amide bonds. The number of nitrogens with zero attached hydrogens (tertiary/aromatic N) is 1. The van der Waals surface area contributed by atoms with Crippen LogP contribution < -0.4 is 5.32 Å². The van der Waals surface area contributed by atoms with Crippen LogP contribution in [0, 0.1) is 11.6 Å². The number of thiazole rings is 1. The Morgan fingerprint density at radius 2 is 1.59 bits per heavy atom. The second kappa shape index (κ2) is 7.38. The number of aromatic nitrogens is 1. The van der Waals surface area contributed by atoms with E-state index in [0.717, 1.165) is 9.88 Å². The van der Waals surface area contributed by atoms with Crippen molar-refractivity contribution in [1.29, 1.82) is 0 Å². The smallest absolute Gasteiger partial charge is 0.256 e. The third kappa shape index (κ3) is 3.79. The van der Waals surface area contributed by atoms with Gasteiger partial charge in [-0.15, -0.1) is 11.3 Å². The van der Waals surface area contributed by atoms with Crippen molar-refractivity contribution < 1.29 is 13.6 Å². The van der Waals surface area contributed by atoms with Gasteiger partial charge in [-0.25, -0.2) is 13.8 Å². The van der Waals surface area contributed by atoms with Crippen LogP contribution in [0.1, 0.15) is 10.4 Å². The molecule has 0 aliphatic carbocycles. The molecule has 2 heterocycles. The Bertz CT molecular complexity index is 1070. The standard InChI is InChI=1S/C20H12F2N2OS2/c21-14-7-3-12(4-8-14)17-20(27-19(23-17)16-2-1-11-26-16)24-18(25)13-5-9-15(22)10-6-13/h1-11H,(H,24,25). The van der Waals surface area contributed by atoms with Gasteiger partial charge in [0.25, 0.3) is 5.91 Å². The van der Waals surface area contributed by atoms with Gasteiger partial charge in [-0.1, -0.05) is 17.4 Å². The first-order chi connectivity index (χ1) is 13.1. The van der Waals surface area contributed by atoms with E-state index < -0.39 is 5.82 Å². The molecule has 0 aliphatic rings. The topological polar surface area (TPSA) is 42.0 Å². The lowest BCUT2D eigenvalue weighted by Crippen LogP contribution is -2.11. The molecule has 0 atom stereocenters. The Labute approximate surface area is 162 Å². The average Bonchev–Trinajstić information content (AvgIpc) is 3.33. The van der Waals surface area contributed by atoms with Crippen LogP contribution in [-0.2, 0) is 0 Å². The normalized spacial score (nSPS) is 10.7. The van der Waals surface area contributed by atoms with Gasteiger partial charge in [0, 0.05) is 11.1 Å². The van der Waals surface area contributed by atoms with Gasteiger partial charge in [-0.3, -0.25) is 4.79 Å². The minimum absolute atomic E-state index is 0.340. The molecule has 2 aromatic carbocycles. The van der Waals surface area contributed by atoms with Crippen LogP contribution in [0.25, 0.3) is 21.1 Å². The van der Waals surface area contributed by atoms with E-state index in [2.05, 4.69) is 10.3 Å². The summed E-state index contributed by atoms with van der Waals surface area (Å²) in [6, 6.07) is 15.1. The van der Waals surface area contributed by atoms with Gasteiger partial charge >= 0.3 is 0 Å². The summed E-state index contributed by atoms with van der Waals surface area (Å²) in [4.78, 5) is 18.2. The Balaban J connectivity index is 1.72. The highest BCUT2D eigenvalue weighted by molar-refractivity contribution is 7.23. The second-order valence-electron chi connectivity index (χ2n) is 5.64. The zero-order chi connectivity index (χ0) is 18.8. The maximum atomic E-state index is 13.3. The van der Waals surface area contributed by atoms with Crippen LogP contribution in [0.2, 0.25) is 0 Å². The number of halogens is 2. The predicted molar refractivity (Wildman–Crippen MR) is 105 cm³/mol. The van der Waals surface area contributed by atoms with E-state index in [0.29, 0.717) is 21.8 Å². The number of nitrogens with one attached hydrogen (secondary N) is 1. The summed E-state index contributed by atoms with van der Waals surface area (Å²) in [5.74, 6) is -1.11. The number of rotatable bonds is 4. The Morgan fingerprint density at radius 1 is 0.926 bits per heavy atom. The number of amides is 1. The molecule has 7 heteroatoms. The van der Waals surface area contributed by atoms with E-state index in [-0.39, 0.29) is 11.7 Å². The van der Waals surface area contributed by atoms with Crippen LogP contribution in [0.3, 0.4) is 0 Å². The third-order valence-corrected chi connectivity index (χ3v) is 5.82. The van der Waals surface area contributed by atoms with Crippen LogP contribution in [0.4, 0.5) is 13.8 Å². The van der Waals surface area contributed by atoms with E-state index in [1.807, 2.05) is 17.5 Å². The van der Waals surface area contributed by atoms with Crippen molar-refractivity contribution in [2.45, 2.75) is 0 Å². The van der Waals surface area contributed by atoms with Crippen molar-refractivity contribution in [1.82, 2.24) is 4.98 Å².